The molecule has 3 rings (SSSR count). The molecule has 2 aliphatic heterocycles. The monoisotopic (exact) mass is 333 g/mol. The van der Waals surface area contributed by atoms with Gasteiger partial charge in [-0.25, -0.2) is 0 Å². The number of carbonyl (C=O) groups excluding carboxylic acids is 2. The summed E-state index contributed by atoms with van der Waals surface area (Å²) in [5.41, 5.74) is 0.729. The molecule has 0 spiro atoms. The molecule has 2 atom stereocenters. The average Bonchev–Trinajstić information content (AvgIpc) is 3.31. The number of hydrogen-bond acceptors (Lipinski definition) is 5. The molecule has 0 unspecified atom stereocenters. The maximum Gasteiger partial charge on any atom is 0.269 e. The summed E-state index contributed by atoms with van der Waals surface area (Å²) in [6, 6.07) is 3.17. The van der Waals surface area contributed by atoms with E-state index in [0.29, 0.717) is 24.3 Å². The van der Waals surface area contributed by atoms with Gasteiger partial charge in [0.2, 0.25) is 0 Å². The molecule has 2 fully saturated rings. The van der Waals surface area contributed by atoms with Gasteiger partial charge in [-0.3, -0.25) is 14.6 Å². The highest BCUT2D eigenvalue weighted by molar-refractivity contribution is 5.96. The zero-order valence-electron chi connectivity index (χ0n) is 13.6. The van der Waals surface area contributed by atoms with Gasteiger partial charge < -0.3 is 20.1 Å². The van der Waals surface area contributed by atoms with Crippen LogP contribution in [0.3, 0.4) is 0 Å². The first kappa shape index (κ1) is 16.9. The summed E-state index contributed by atoms with van der Waals surface area (Å²) < 4.78 is 10.9. The van der Waals surface area contributed by atoms with Crippen molar-refractivity contribution in [3.05, 3.63) is 29.6 Å². The van der Waals surface area contributed by atoms with E-state index in [1.165, 1.54) is 6.20 Å². The van der Waals surface area contributed by atoms with Gasteiger partial charge in [0.05, 0.1) is 17.8 Å². The number of rotatable bonds is 6. The third kappa shape index (κ3) is 4.52. The molecule has 3 heterocycles. The van der Waals surface area contributed by atoms with Crippen molar-refractivity contribution in [2.45, 2.75) is 37.9 Å². The second kappa shape index (κ2) is 8.21. The zero-order chi connectivity index (χ0) is 16.8. The van der Waals surface area contributed by atoms with Gasteiger partial charge in [-0.15, -0.1) is 0 Å². The fraction of sp³-hybridized carbons (Fsp3) is 0.588. The van der Waals surface area contributed by atoms with E-state index in [0.717, 1.165) is 38.9 Å². The van der Waals surface area contributed by atoms with Crippen LogP contribution in [0.25, 0.3) is 0 Å². The first-order valence-electron chi connectivity index (χ1n) is 8.48. The molecule has 130 valence electrons. The first-order chi connectivity index (χ1) is 11.7. The number of pyridine rings is 1. The van der Waals surface area contributed by atoms with E-state index in [1.54, 1.807) is 12.1 Å². The van der Waals surface area contributed by atoms with Crippen LogP contribution in [0.4, 0.5) is 0 Å². The van der Waals surface area contributed by atoms with Crippen LogP contribution in [-0.4, -0.2) is 55.3 Å². The van der Waals surface area contributed by atoms with Crippen LogP contribution in [0, 0.1) is 0 Å². The summed E-state index contributed by atoms with van der Waals surface area (Å²) in [4.78, 5) is 28.2. The quantitative estimate of drug-likeness (QED) is 0.807. The second-order valence-electron chi connectivity index (χ2n) is 6.12. The molecule has 2 saturated heterocycles. The normalized spacial score (nSPS) is 23.2. The second-order valence-corrected chi connectivity index (χ2v) is 6.12. The molecule has 7 nitrogen and oxygen atoms in total. The summed E-state index contributed by atoms with van der Waals surface area (Å²) in [6.07, 6.45) is 5.64. The lowest BCUT2D eigenvalue weighted by Gasteiger charge is -2.11. The Balaban J connectivity index is 1.46. The molecule has 0 aromatic carbocycles. The Bertz CT molecular complexity index is 513. The van der Waals surface area contributed by atoms with E-state index in [9.17, 15) is 9.59 Å². The Morgan fingerprint density at radius 2 is 1.62 bits per heavy atom. The fourth-order valence-electron chi connectivity index (χ4n) is 2.88. The molecule has 0 bridgehead atoms. The third-order valence-electron chi connectivity index (χ3n) is 4.29. The zero-order valence-corrected chi connectivity index (χ0v) is 13.6. The van der Waals surface area contributed by atoms with E-state index in [-0.39, 0.29) is 24.0 Å². The third-order valence-corrected chi connectivity index (χ3v) is 4.29. The van der Waals surface area contributed by atoms with Gasteiger partial charge in [0, 0.05) is 32.5 Å². The minimum atomic E-state index is -0.253. The van der Waals surface area contributed by atoms with E-state index >= 15 is 0 Å². The van der Waals surface area contributed by atoms with Crippen LogP contribution >= 0.6 is 0 Å². The Hall–Kier alpha value is -1.99. The number of aromatic nitrogens is 1. The topological polar surface area (TPSA) is 89.5 Å². The van der Waals surface area contributed by atoms with Gasteiger partial charge >= 0.3 is 0 Å². The van der Waals surface area contributed by atoms with Crippen LogP contribution < -0.4 is 10.6 Å². The van der Waals surface area contributed by atoms with Crippen molar-refractivity contribution in [2.75, 3.05) is 26.3 Å². The summed E-state index contributed by atoms with van der Waals surface area (Å²) in [5.74, 6) is -0.457. The number of carbonyl (C=O) groups is 2. The van der Waals surface area contributed by atoms with Crippen molar-refractivity contribution in [1.82, 2.24) is 15.6 Å². The Morgan fingerprint density at radius 1 is 1.00 bits per heavy atom. The van der Waals surface area contributed by atoms with Gasteiger partial charge in [0.25, 0.3) is 11.8 Å². The van der Waals surface area contributed by atoms with Crippen LogP contribution in [-0.2, 0) is 9.47 Å². The highest BCUT2D eigenvalue weighted by Crippen LogP contribution is 2.12. The van der Waals surface area contributed by atoms with Crippen molar-refractivity contribution in [3.63, 3.8) is 0 Å². The molecule has 0 aliphatic carbocycles. The Kier molecular flexibility index (Phi) is 5.77. The minimum absolute atomic E-state index is 0.0943. The lowest BCUT2D eigenvalue weighted by Crippen LogP contribution is -2.33. The molecule has 24 heavy (non-hydrogen) atoms. The Labute approximate surface area is 141 Å². The SMILES string of the molecule is O=C(NC[C@@H]1CCCO1)c1ccc(C(=O)NC[C@@H]2CCCO2)nc1. The fourth-order valence-corrected chi connectivity index (χ4v) is 2.88. The number of nitrogens with one attached hydrogen (secondary N) is 2. The average molecular weight is 333 g/mol. The summed E-state index contributed by atoms with van der Waals surface area (Å²) in [6.45, 7) is 2.51. The Morgan fingerprint density at radius 3 is 2.12 bits per heavy atom. The van der Waals surface area contributed by atoms with Gasteiger partial charge in [-0.1, -0.05) is 0 Å². The summed E-state index contributed by atoms with van der Waals surface area (Å²) >= 11 is 0. The maximum absolute atomic E-state index is 12.1. The van der Waals surface area contributed by atoms with Gasteiger partial charge in [0.15, 0.2) is 0 Å². The predicted octanol–water partition coefficient (Wildman–Crippen LogP) is 0.899. The van der Waals surface area contributed by atoms with Crippen molar-refractivity contribution in [1.29, 1.82) is 0 Å². The number of hydrogen-bond donors (Lipinski definition) is 2. The molecule has 2 aliphatic rings. The maximum atomic E-state index is 12.1. The largest absolute Gasteiger partial charge is 0.376 e. The van der Waals surface area contributed by atoms with Crippen molar-refractivity contribution < 1.29 is 19.1 Å². The van der Waals surface area contributed by atoms with E-state index in [4.69, 9.17) is 9.47 Å². The molecular weight excluding hydrogens is 310 g/mol. The van der Waals surface area contributed by atoms with Gasteiger partial charge in [-0.05, 0) is 37.8 Å². The number of nitrogens with zero attached hydrogens (tertiary/aromatic N) is 1. The van der Waals surface area contributed by atoms with Crippen molar-refractivity contribution in [3.8, 4) is 0 Å². The number of amides is 2. The standard InChI is InChI=1S/C17H23N3O4/c21-16(19-10-13-3-1-7-23-13)12-5-6-15(18-9-12)17(22)20-11-14-4-2-8-24-14/h5-6,9,13-14H,1-4,7-8,10-11H2,(H,19,21)(H,20,22)/t13-,14-/m0/s1. The van der Waals surface area contributed by atoms with Crippen molar-refractivity contribution >= 4 is 11.8 Å². The van der Waals surface area contributed by atoms with E-state index in [2.05, 4.69) is 15.6 Å². The first-order valence-corrected chi connectivity index (χ1v) is 8.48. The molecule has 1 aromatic rings. The van der Waals surface area contributed by atoms with Crippen LogP contribution in [0.5, 0.6) is 0 Å². The van der Waals surface area contributed by atoms with Crippen molar-refractivity contribution in [2.24, 2.45) is 0 Å². The molecule has 0 saturated carbocycles. The van der Waals surface area contributed by atoms with E-state index < -0.39 is 0 Å². The lowest BCUT2D eigenvalue weighted by molar-refractivity contribution is 0.0847. The molecular formula is C17H23N3O4. The number of ether oxygens (including phenoxy) is 2. The van der Waals surface area contributed by atoms with Crippen LogP contribution in [0.1, 0.15) is 46.5 Å². The molecule has 1 aromatic heterocycles. The summed E-state index contributed by atoms with van der Waals surface area (Å²) in [7, 11) is 0. The molecule has 2 N–H and O–H groups in total. The predicted molar refractivity (Wildman–Crippen MR) is 86.9 cm³/mol. The highest BCUT2D eigenvalue weighted by atomic mass is 16.5. The van der Waals surface area contributed by atoms with Gasteiger partial charge in [0.1, 0.15) is 5.69 Å². The highest BCUT2D eigenvalue weighted by Gasteiger charge is 2.18. The molecule has 0 radical (unpaired) electrons. The van der Waals surface area contributed by atoms with Crippen LogP contribution in [0.15, 0.2) is 18.3 Å². The van der Waals surface area contributed by atoms with Gasteiger partial charge in [-0.2, -0.15) is 0 Å². The minimum Gasteiger partial charge on any atom is -0.376 e. The van der Waals surface area contributed by atoms with E-state index in [1.807, 2.05) is 0 Å². The lowest BCUT2D eigenvalue weighted by atomic mass is 10.2. The molecule has 2 amide bonds. The summed E-state index contributed by atoms with van der Waals surface area (Å²) in [5, 5.41) is 5.64. The molecule has 7 heteroatoms. The van der Waals surface area contributed by atoms with Crippen LogP contribution in [0.2, 0.25) is 0 Å². The smallest absolute Gasteiger partial charge is 0.269 e.